The van der Waals surface area contributed by atoms with Gasteiger partial charge in [-0.3, -0.25) is 0 Å². The summed E-state index contributed by atoms with van der Waals surface area (Å²) in [7, 11) is 1.39. The molecule has 6 rings (SSSR count). The highest BCUT2D eigenvalue weighted by Crippen LogP contribution is 2.44. The van der Waals surface area contributed by atoms with Crippen molar-refractivity contribution in [2.75, 3.05) is 7.11 Å². The highest BCUT2D eigenvalue weighted by Gasteiger charge is 2.33. The minimum absolute atomic E-state index is 0.106. The number of hydrogen-bond donors (Lipinski definition) is 2. The van der Waals surface area contributed by atoms with Crippen molar-refractivity contribution >= 4 is 21.9 Å². The summed E-state index contributed by atoms with van der Waals surface area (Å²) in [4.78, 5) is 26.8. The SMILES string of the molecule is COc1cc(C(c2c(O)c3cc(F)ccc3oc2=O)c2c(O)c3cc(F)ccc3oc2=O)ccc1OCc1ccccc1. The Morgan fingerprint density at radius 3 is 1.81 bits per heavy atom. The van der Waals surface area contributed by atoms with Gasteiger partial charge in [-0.1, -0.05) is 36.4 Å². The molecule has 43 heavy (non-hydrogen) atoms. The van der Waals surface area contributed by atoms with Crippen LogP contribution < -0.4 is 20.7 Å². The molecule has 10 heteroatoms. The highest BCUT2D eigenvalue weighted by atomic mass is 19.1. The second-order valence-corrected chi connectivity index (χ2v) is 9.70. The summed E-state index contributed by atoms with van der Waals surface area (Å²) < 4.78 is 50.6. The van der Waals surface area contributed by atoms with E-state index in [9.17, 15) is 28.6 Å². The number of aromatic hydroxyl groups is 2. The molecule has 0 aliphatic carbocycles. The Bertz CT molecular complexity index is 2010. The van der Waals surface area contributed by atoms with E-state index in [-0.39, 0.29) is 39.9 Å². The molecule has 2 heterocycles. The standard InChI is InChI=1S/C33H22F2O8/c1-40-26-13-18(7-10-25(26)41-16-17-5-3-2-4-6-17)27(28-30(36)21-14-19(34)8-11-23(21)42-32(28)38)29-31(37)22-15-20(35)9-12-24(22)43-33(29)39/h2-15,27,36-37H,16H2,1H3. The summed E-state index contributed by atoms with van der Waals surface area (Å²) in [6, 6.07) is 20.2. The number of ether oxygens (including phenoxy) is 2. The van der Waals surface area contributed by atoms with Crippen molar-refractivity contribution < 1.29 is 37.3 Å². The molecule has 0 aliphatic heterocycles. The smallest absolute Gasteiger partial charge is 0.344 e. The van der Waals surface area contributed by atoms with E-state index in [1.165, 1.54) is 37.4 Å². The molecule has 0 saturated heterocycles. The van der Waals surface area contributed by atoms with Crippen LogP contribution in [0.5, 0.6) is 23.0 Å². The Morgan fingerprint density at radius 2 is 1.28 bits per heavy atom. The summed E-state index contributed by atoms with van der Waals surface area (Å²) in [5.74, 6) is -3.82. The van der Waals surface area contributed by atoms with E-state index in [1.807, 2.05) is 30.3 Å². The van der Waals surface area contributed by atoms with Crippen molar-refractivity contribution in [3.8, 4) is 23.0 Å². The van der Waals surface area contributed by atoms with Crippen molar-refractivity contribution in [2.24, 2.45) is 0 Å². The summed E-state index contributed by atoms with van der Waals surface area (Å²) >= 11 is 0. The van der Waals surface area contributed by atoms with Gasteiger partial charge in [0.2, 0.25) is 0 Å². The quantitative estimate of drug-likeness (QED) is 0.208. The van der Waals surface area contributed by atoms with Crippen LogP contribution in [0.1, 0.15) is 28.2 Å². The first-order valence-corrected chi connectivity index (χ1v) is 13.0. The first-order valence-electron chi connectivity index (χ1n) is 13.0. The van der Waals surface area contributed by atoms with Gasteiger partial charge in [0, 0.05) is 0 Å². The van der Waals surface area contributed by atoms with Gasteiger partial charge < -0.3 is 28.5 Å². The molecule has 0 atom stereocenters. The lowest BCUT2D eigenvalue weighted by atomic mass is 9.84. The first-order chi connectivity index (χ1) is 20.7. The maximum Gasteiger partial charge on any atom is 0.344 e. The molecule has 216 valence electrons. The molecule has 0 amide bonds. The predicted octanol–water partition coefficient (Wildman–Crippen LogP) is 6.36. The average Bonchev–Trinajstić information content (AvgIpc) is 3.00. The van der Waals surface area contributed by atoms with Crippen LogP contribution in [0.4, 0.5) is 8.78 Å². The zero-order valence-electron chi connectivity index (χ0n) is 22.5. The van der Waals surface area contributed by atoms with E-state index in [0.717, 1.165) is 29.8 Å². The van der Waals surface area contributed by atoms with Crippen LogP contribution in [-0.4, -0.2) is 17.3 Å². The van der Waals surface area contributed by atoms with Crippen LogP contribution in [0.2, 0.25) is 0 Å². The maximum absolute atomic E-state index is 14.2. The number of hydrogen-bond acceptors (Lipinski definition) is 8. The van der Waals surface area contributed by atoms with Crippen LogP contribution in [0, 0.1) is 11.6 Å². The molecule has 0 saturated carbocycles. The topological polar surface area (TPSA) is 119 Å². The van der Waals surface area contributed by atoms with Gasteiger partial charge in [-0.15, -0.1) is 0 Å². The zero-order valence-corrected chi connectivity index (χ0v) is 22.5. The summed E-state index contributed by atoms with van der Waals surface area (Å²) in [5.41, 5.74) is -2.26. The Kier molecular flexibility index (Phi) is 7.03. The normalized spacial score (nSPS) is 11.3. The van der Waals surface area contributed by atoms with E-state index in [4.69, 9.17) is 18.3 Å². The second-order valence-electron chi connectivity index (χ2n) is 9.70. The summed E-state index contributed by atoms with van der Waals surface area (Å²) in [6.07, 6.45) is 0. The largest absolute Gasteiger partial charge is 0.507 e. The van der Waals surface area contributed by atoms with Gasteiger partial charge in [-0.05, 0) is 59.7 Å². The third-order valence-corrected chi connectivity index (χ3v) is 7.08. The van der Waals surface area contributed by atoms with Crippen LogP contribution in [-0.2, 0) is 6.61 Å². The molecule has 8 nitrogen and oxygen atoms in total. The number of fused-ring (bicyclic) bond motifs is 2. The number of rotatable bonds is 7. The molecule has 0 aliphatic rings. The number of halogens is 2. The van der Waals surface area contributed by atoms with Crippen LogP contribution in [0.15, 0.2) is 103 Å². The monoisotopic (exact) mass is 584 g/mol. The zero-order chi connectivity index (χ0) is 30.2. The minimum atomic E-state index is -1.54. The van der Waals surface area contributed by atoms with Gasteiger partial charge in [0.15, 0.2) is 11.5 Å². The van der Waals surface area contributed by atoms with E-state index in [0.29, 0.717) is 5.75 Å². The lowest BCUT2D eigenvalue weighted by Crippen LogP contribution is -2.21. The molecule has 6 aromatic rings. The van der Waals surface area contributed by atoms with Crippen molar-refractivity contribution in [3.63, 3.8) is 0 Å². The molecule has 2 aromatic heterocycles. The average molecular weight is 585 g/mol. The maximum atomic E-state index is 14.2. The van der Waals surface area contributed by atoms with Gasteiger partial charge in [-0.25, -0.2) is 18.4 Å². The van der Waals surface area contributed by atoms with Crippen LogP contribution in [0.3, 0.4) is 0 Å². The predicted molar refractivity (Wildman–Crippen MR) is 153 cm³/mol. The third kappa shape index (κ3) is 5.03. The van der Waals surface area contributed by atoms with Crippen molar-refractivity contribution in [1.29, 1.82) is 0 Å². The Labute approximate surface area is 241 Å². The van der Waals surface area contributed by atoms with Gasteiger partial charge in [0.1, 0.15) is 40.9 Å². The molecule has 0 spiro atoms. The fourth-order valence-electron chi connectivity index (χ4n) is 5.05. The second kappa shape index (κ2) is 11.0. The third-order valence-electron chi connectivity index (χ3n) is 7.08. The fraction of sp³-hybridized carbons (Fsp3) is 0.0909. The lowest BCUT2D eigenvalue weighted by molar-refractivity contribution is 0.284. The minimum Gasteiger partial charge on any atom is -0.507 e. The molecule has 0 radical (unpaired) electrons. The molecular weight excluding hydrogens is 562 g/mol. The molecule has 0 unspecified atom stereocenters. The Hall–Kier alpha value is -5.64. The van der Waals surface area contributed by atoms with Crippen LogP contribution >= 0.6 is 0 Å². The van der Waals surface area contributed by atoms with E-state index in [2.05, 4.69) is 0 Å². The molecule has 2 N–H and O–H groups in total. The van der Waals surface area contributed by atoms with Crippen molar-refractivity contribution in [3.05, 3.63) is 140 Å². The van der Waals surface area contributed by atoms with E-state index in [1.54, 1.807) is 0 Å². The Balaban J connectivity index is 1.59. The van der Waals surface area contributed by atoms with Gasteiger partial charge >= 0.3 is 11.3 Å². The van der Waals surface area contributed by atoms with Crippen molar-refractivity contribution in [1.82, 2.24) is 0 Å². The lowest BCUT2D eigenvalue weighted by Gasteiger charge is -2.21. The molecule has 4 aromatic carbocycles. The first kappa shape index (κ1) is 27.5. The summed E-state index contributed by atoms with van der Waals surface area (Å²) in [5, 5.41) is 22.3. The number of methoxy groups -OCH3 is 1. The van der Waals surface area contributed by atoms with Crippen LogP contribution in [0.25, 0.3) is 21.9 Å². The fourth-order valence-corrected chi connectivity index (χ4v) is 5.05. The van der Waals surface area contributed by atoms with E-state index < -0.39 is 51.4 Å². The van der Waals surface area contributed by atoms with Gasteiger partial charge in [-0.2, -0.15) is 0 Å². The molecule has 0 fully saturated rings. The number of benzene rings is 4. The Morgan fingerprint density at radius 1 is 0.721 bits per heavy atom. The van der Waals surface area contributed by atoms with Crippen molar-refractivity contribution in [2.45, 2.75) is 12.5 Å². The van der Waals surface area contributed by atoms with E-state index >= 15 is 0 Å². The highest BCUT2D eigenvalue weighted by molar-refractivity contribution is 5.87. The van der Waals surface area contributed by atoms with Gasteiger partial charge in [0.25, 0.3) is 0 Å². The summed E-state index contributed by atoms with van der Waals surface area (Å²) in [6.45, 7) is 0.210. The van der Waals surface area contributed by atoms with Gasteiger partial charge in [0.05, 0.1) is 34.9 Å². The molecule has 0 bridgehead atoms. The molecular formula is C33H22F2O8.